The number of rotatable bonds is 6. The number of H-pyrrole nitrogens is 1. The zero-order valence-electron chi connectivity index (χ0n) is 13.7. The van der Waals surface area contributed by atoms with Crippen molar-refractivity contribution in [2.24, 2.45) is 0 Å². The minimum absolute atomic E-state index is 0.0815. The van der Waals surface area contributed by atoms with Crippen LogP contribution in [0.5, 0.6) is 0 Å². The van der Waals surface area contributed by atoms with Crippen LogP contribution in [0.1, 0.15) is 29.4 Å². The van der Waals surface area contributed by atoms with E-state index in [1.165, 1.54) is 17.0 Å². The Morgan fingerprint density at radius 3 is 2.58 bits per heavy atom. The van der Waals surface area contributed by atoms with Crippen molar-refractivity contribution >= 4 is 17.5 Å². The quantitative estimate of drug-likeness (QED) is 0.841. The zero-order chi connectivity index (χ0) is 17.5. The molecule has 0 aliphatic heterocycles. The Morgan fingerprint density at radius 1 is 1.21 bits per heavy atom. The summed E-state index contributed by atoms with van der Waals surface area (Å²) in [6, 6.07) is 10.0. The second kappa shape index (κ2) is 8.05. The van der Waals surface area contributed by atoms with Gasteiger partial charge in [-0.2, -0.15) is 5.10 Å². The minimum Gasteiger partial charge on any atom is -0.328 e. The molecule has 0 spiro atoms. The molecule has 126 valence electrons. The normalized spacial score (nSPS) is 10.2. The number of nitrogens with one attached hydrogen (secondary N) is 2. The van der Waals surface area contributed by atoms with Crippen LogP contribution in [-0.4, -0.2) is 40.0 Å². The van der Waals surface area contributed by atoms with Crippen molar-refractivity contribution in [2.75, 3.05) is 18.4 Å². The van der Waals surface area contributed by atoms with E-state index in [9.17, 15) is 14.4 Å². The van der Waals surface area contributed by atoms with Crippen LogP contribution in [-0.2, 0) is 4.79 Å². The van der Waals surface area contributed by atoms with E-state index in [0.717, 1.165) is 5.56 Å². The Balaban J connectivity index is 2.08. The van der Waals surface area contributed by atoms with Crippen LogP contribution in [0.3, 0.4) is 0 Å². The standard InChI is InChI=1S/C17H20N4O3/c1-3-10-21(17(24)14-8-9-15(22)20-19-14)11-16(23)18-13-7-5-4-6-12(13)2/h4-9H,3,10-11H2,1-2H3,(H,18,23)(H,20,22). The number of para-hydroxylation sites is 1. The van der Waals surface area contributed by atoms with Gasteiger partial charge in [0.1, 0.15) is 12.2 Å². The topological polar surface area (TPSA) is 95.2 Å². The van der Waals surface area contributed by atoms with Crippen LogP contribution >= 0.6 is 0 Å². The first kappa shape index (κ1) is 17.4. The lowest BCUT2D eigenvalue weighted by atomic mass is 10.2. The Bertz CT molecular complexity index is 765. The molecule has 0 fully saturated rings. The summed E-state index contributed by atoms with van der Waals surface area (Å²) in [7, 11) is 0. The van der Waals surface area contributed by atoms with Gasteiger partial charge in [-0.3, -0.25) is 14.4 Å². The average Bonchev–Trinajstić information content (AvgIpc) is 2.56. The first-order chi connectivity index (χ1) is 11.5. The summed E-state index contributed by atoms with van der Waals surface area (Å²) < 4.78 is 0. The van der Waals surface area contributed by atoms with E-state index in [4.69, 9.17) is 0 Å². The van der Waals surface area contributed by atoms with Crippen molar-refractivity contribution in [2.45, 2.75) is 20.3 Å². The van der Waals surface area contributed by atoms with Crippen molar-refractivity contribution in [1.82, 2.24) is 15.1 Å². The molecule has 0 saturated carbocycles. The SMILES string of the molecule is CCCN(CC(=O)Nc1ccccc1C)C(=O)c1ccc(=O)[nH]n1. The molecule has 2 N–H and O–H groups in total. The fraction of sp³-hybridized carbons (Fsp3) is 0.294. The fourth-order valence-electron chi connectivity index (χ4n) is 2.22. The van der Waals surface area contributed by atoms with Crippen LogP contribution in [0.25, 0.3) is 0 Å². The van der Waals surface area contributed by atoms with Crippen molar-refractivity contribution in [3.05, 3.63) is 58.0 Å². The molecular formula is C17H20N4O3. The van der Waals surface area contributed by atoms with Crippen molar-refractivity contribution < 1.29 is 9.59 Å². The molecule has 2 rings (SSSR count). The van der Waals surface area contributed by atoms with Gasteiger partial charge in [-0.15, -0.1) is 0 Å². The van der Waals surface area contributed by atoms with Gasteiger partial charge < -0.3 is 10.2 Å². The molecule has 7 heteroatoms. The van der Waals surface area contributed by atoms with Crippen LogP contribution in [0.15, 0.2) is 41.2 Å². The van der Waals surface area contributed by atoms with E-state index < -0.39 is 5.91 Å². The highest BCUT2D eigenvalue weighted by molar-refractivity contribution is 5.98. The highest BCUT2D eigenvalue weighted by Gasteiger charge is 2.19. The molecule has 1 heterocycles. The molecule has 1 aromatic carbocycles. The number of amides is 2. The Labute approximate surface area is 139 Å². The molecule has 0 unspecified atom stereocenters. The summed E-state index contributed by atoms with van der Waals surface area (Å²) >= 11 is 0. The molecule has 1 aromatic heterocycles. The van der Waals surface area contributed by atoms with Gasteiger partial charge in [0.25, 0.3) is 11.5 Å². The summed E-state index contributed by atoms with van der Waals surface area (Å²) in [6.07, 6.45) is 0.701. The molecule has 2 amide bonds. The van der Waals surface area contributed by atoms with E-state index in [-0.39, 0.29) is 23.7 Å². The largest absolute Gasteiger partial charge is 0.328 e. The number of aryl methyl sites for hydroxylation is 1. The molecule has 0 bridgehead atoms. The van der Waals surface area contributed by atoms with E-state index in [0.29, 0.717) is 18.7 Å². The number of anilines is 1. The first-order valence-corrected chi connectivity index (χ1v) is 7.71. The summed E-state index contributed by atoms with van der Waals surface area (Å²) in [6.45, 7) is 4.15. The molecular weight excluding hydrogens is 308 g/mol. The van der Waals surface area contributed by atoms with Gasteiger partial charge in [-0.1, -0.05) is 25.1 Å². The minimum atomic E-state index is -0.395. The number of carbonyl (C=O) groups is 2. The van der Waals surface area contributed by atoms with Gasteiger partial charge in [0.15, 0.2) is 0 Å². The molecule has 0 aliphatic carbocycles. The van der Waals surface area contributed by atoms with Gasteiger partial charge >= 0.3 is 0 Å². The summed E-state index contributed by atoms with van der Waals surface area (Å²) in [4.78, 5) is 37.2. The summed E-state index contributed by atoms with van der Waals surface area (Å²) in [5.74, 6) is -0.677. The van der Waals surface area contributed by atoms with Gasteiger partial charge in [0, 0.05) is 18.3 Å². The van der Waals surface area contributed by atoms with Crippen molar-refractivity contribution in [3.8, 4) is 0 Å². The highest BCUT2D eigenvalue weighted by Crippen LogP contribution is 2.13. The number of hydrogen-bond donors (Lipinski definition) is 2. The lowest BCUT2D eigenvalue weighted by Crippen LogP contribution is -2.39. The van der Waals surface area contributed by atoms with E-state index in [1.807, 2.05) is 38.1 Å². The molecule has 0 saturated heterocycles. The zero-order valence-corrected chi connectivity index (χ0v) is 13.7. The highest BCUT2D eigenvalue weighted by atomic mass is 16.2. The molecule has 24 heavy (non-hydrogen) atoms. The van der Waals surface area contributed by atoms with E-state index in [2.05, 4.69) is 15.5 Å². The molecule has 7 nitrogen and oxygen atoms in total. The third-order valence-electron chi connectivity index (χ3n) is 3.43. The van der Waals surface area contributed by atoms with Gasteiger partial charge in [0.05, 0.1) is 0 Å². The lowest BCUT2D eigenvalue weighted by molar-refractivity contribution is -0.116. The number of nitrogens with zero attached hydrogens (tertiary/aromatic N) is 2. The Kier molecular flexibility index (Phi) is 5.83. The monoisotopic (exact) mass is 328 g/mol. The average molecular weight is 328 g/mol. The molecule has 0 aliphatic rings. The van der Waals surface area contributed by atoms with Crippen LogP contribution in [0.4, 0.5) is 5.69 Å². The van der Waals surface area contributed by atoms with E-state index >= 15 is 0 Å². The maximum Gasteiger partial charge on any atom is 0.274 e. The predicted octanol–water partition coefficient (Wildman–Crippen LogP) is 1.57. The molecule has 0 atom stereocenters. The predicted molar refractivity (Wildman–Crippen MR) is 90.9 cm³/mol. The van der Waals surface area contributed by atoms with E-state index in [1.54, 1.807) is 0 Å². The van der Waals surface area contributed by atoms with Gasteiger partial charge in [-0.05, 0) is 31.0 Å². The summed E-state index contributed by atoms with van der Waals surface area (Å²) in [5, 5.41) is 8.75. The third kappa shape index (κ3) is 4.52. The Morgan fingerprint density at radius 2 is 1.96 bits per heavy atom. The number of aromatic nitrogens is 2. The number of hydrogen-bond acceptors (Lipinski definition) is 4. The molecule has 2 aromatic rings. The van der Waals surface area contributed by atoms with Crippen LogP contribution in [0, 0.1) is 6.92 Å². The van der Waals surface area contributed by atoms with Crippen LogP contribution in [0.2, 0.25) is 0 Å². The maximum atomic E-state index is 12.5. The van der Waals surface area contributed by atoms with Crippen molar-refractivity contribution in [3.63, 3.8) is 0 Å². The van der Waals surface area contributed by atoms with Crippen LogP contribution < -0.4 is 10.9 Å². The fourth-order valence-corrected chi connectivity index (χ4v) is 2.22. The third-order valence-corrected chi connectivity index (χ3v) is 3.43. The number of benzene rings is 1. The van der Waals surface area contributed by atoms with Crippen molar-refractivity contribution in [1.29, 1.82) is 0 Å². The van der Waals surface area contributed by atoms with Gasteiger partial charge in [0.2, 0.25) is 5.91 Å². The lowest BCUT2D eigenvalue weighted by Gasteiger charge is -2.21. The number of aromatic amines is 1. The second-order valence-corrected chi connectivity index (χ2v) is 5.40. The molecule has 0 radical (unpaired) electrons. The first-order valence-electron chi connectivity index (χ1n) is 7.71. The smallest absolute Gasteiger partial charge is 0.274 e. The Hall–Kier alpha value is -2.96. The summed E-state index contributed by atoms with van der Waals surface area (Å²) in [5.41, 5.74) is 1.38. The number of carbonyl (C=O) groups excluding carboxylic acids is 2. The second-order valence-electron chi connectivity index (χ2n) is 5.40. The van der Waals surface area contributed by atoms with Gasteiger partial charge in [-0.25, -0.2) is 5.10 Å². The maximum absolute atomic E-state index is 12.5.